The van der Waals surface area contributed by atoms with Gasteiger partial charge in [0.05, 0.1) is 5.57 Å². The normalized spacial score (nSPS) is 11.3. The lowest BCUT2D eigenvalue weighted by Gasteiger charge is -2.07. The maximum atomic E-state index is 13.1. The fourth-order valence-electron chi connectivity index (χ4n) is 2.20. The Morgan fingerprint density at radius 2 is 2.07 bits per heavy atom. The second-order valence-corrected chi connectivity index (χ2v) is 6.48. The topological polar surface area (TPSA) is 81.4 Å². The third-order valence-electron chi connectivity index (χ3n) is 3.42. The molecule has 27 heavy (non-hydrogen) atoms. The van der Waals surface area contributed by atoms with Crippen LogP contribution in [0.4, 0.5) is 10.2 Å². The number of nitrogens with one attached hydrogen (secondary N) is 1. The number of aryl methyl sites for hydroxylation is 1. The zero-order chi connectivity index (χ0) is 19.2. The summed E-state index contributed by atoms with van der Waals surface area (Å²) in [6, 6.07) is 10.8. The first-order valence-electron chi connectivity index (χ1n) is 7.93. The van der Waals surface area contributed by atoms with Gasteiger partial charge in [-0.3, -0.25) is 4.79 Å². The molecule has 0 aliphatic heterocycles. The van der Waals surface area contributed by atoms with E-state index in [9.17, 15) is 14.0 Å². The number of hydrogen-bond acceptors (Lipinski definition) is 6. The molecule has 1 amide bonds. The fraction of sp³-hybridized carbons (Fsp3) is 0.105. The average Bonchev–Trinajstić information content (AvgIpc) is 3.31. The number of aromatic nitrogens is 1. The second kappa shape index (κ2) is 8.41. The van der Waals surface area contributed by atoms with Crippen LogP contribution in [0.25, 0.3) is 11.6 Å². The Labute approximate surface area is 158 Å². The Balaban J connectivity index is 1.70. The van der Waals surface area contributed by atoms with Crippen molar-refractivity contribution in [3.63, 3.8) is 0 Å². The molecule has 0 radical (unpaired) electrons. The molecule has 1 N–H and O–H groups in total. The number of thiophene rings is 1. The number of anilines is 1. The van der Waals surface area contributed by atoms with Gasteiger partial charge in [-0.25, -0.2) is 9.18 Å². The summed E-state index contributed by atoms with van der Waals surface area (Å²) in [5.74, 6) is -0.775. The second-order valence-electron chi connectivity index (χ2n) is 5.53. The maximum Gasteiger partial charge on any atom is 0.340 e. The zero-order valence-electron chi connectivity index (χ0n) is 14.3. The molecule has 3 aromatic rings. The van der Waals surface area contributed by atoms with Gasteiger partial charge in [0.15, 0.2) is 12.4 Å². The number of carbonyl (C=O) groups is 2. The van der Waals surface area contributed by atoms with Gasteiger partial charge < -0.3 is 14.6 Å². The highest BCUT2D eigenvalue weighted by Gasteiger charge is 2.17. The monoisotopic (exact) mass is 386 g/mol. The molecule has 0 atom stereocenters. The Hall–Kier alpha value is -3.26. The van der Waals surface area contributed by atoms with E-state index in [-0.39, 0.29) is 17.2 Å². The largest absolute Gasteiger partial charge is 0.452 e. The van der Waals surface area contributed by atoms with E-state index < -0.39 is 18.5 Å². The summed E-state index contributed by atoms with van der Waals surface area (Å²) < 4.78 is 23.0. The van der Waals surface area contributed by atoms with Crippen LogP contribution in [-0.4, -0.2) is 23.6 Å². The van der Waals surface area contributed by atoms with Gasteiger partial charge in [0.2, 0.25) is 0 Å². The highest BCUT2D eigenvalue weighted by atomic mass is 32.1. The number of amides is 1. The van der Waals surface area contributed by atoms with E-state index in [4.69, 9.17) is 9.26 Å². The summed E-state index contributed by atoms with van der Waals surface area (Å²) in [6.45, 7) is 1.22. The minimum Gasteiger partial charge on any atom is -0.452 e. The number of esters is 1. The van der Waals surface area contributed by atoms with E-state index in [1.54, 1.807) is 43.3 Å². The molecule has 0 saturated heterocycles. The van der Waals surface area contributed by atoms with Crippen molar-refractivity contribution >= 4 is 40.7 Å². The lowest BCUT2D eigenvalue weighted by atomic mass is 10.1. The van der Waals surface area contributed by atoms with Gasteiger partial charge in [-0.15, -0.1) is 11.3 Å². The summed E-state index contributed by atoms with van der Waals surface area (Å²) in [5, 5.41) is 7.92. The molecule has 0 fully saturated rings. The smallest absolute Gasteiger partial charge is 0.340 e. The molecule has 2 aromatic heterocycles. The van der Waals surface area contributed by atoms with Crippen LogP contribution in [0.2, 0.25) is 0 Å². The van der Waals surface area contributed by atoms with Crippen molar-refractivity contribution in [1.82, 2.24) is 5.16 Å². The summed E-state index contributed by atoms with van der Waals surface area (Å²) in [6.07, 6.45) is 1.59. The van der Waals surface area contributed by atoms with Gasteiger partial charge in [0.25, 0.3) is 5.91 Å². The van der Waals surface area contributed by atoms with E-state index in [2.05, 4.69) is 10.5 Å². The number of halogens is 1. The van der Waals surface area contributed by atoms with Crippen molar-refractivity contribution in [3.05, 3.63) is 69.9 Å². The number of carbonyl (C=O) groups excluding carboxylic acids is 2. The lowest BCUT2D eigenvalue weighted by Crippen LogP contribution is -2.21. The van der Waals surface area contributed by atoms with Crippen molar-refractivity contribution in [1.29, 1.82) is 0 Å². The van der Waals surface area contributed by atoms with Gasteiger partial charge in [0.1, 0.15) is 11.6 Å². The van der Waals surface area contributed by atoms with Crippen LogP contribution in [0.3, 0.4) is 0 Å². The first kappa shape index (κ1) is 18.5. The SMILES string of the molecule is Cc1cc(NC(=O)COC(=O)C(=Cc2ccc(F)cc2)c2cccs2)no1. The van der Waals surface area contributed by atoms with Crippen LogP contribution < -0.4 is 5.32 Å². The minimum absolute atomic E-state index is 0.244. The predicted octanol–water partition coefficient (Wildman–Crippen LogP) is 3.91. The van der Waals surface area contributed by atoms with Gasteiger partial charge in [0, 0.05) is 10.9 Å². The number of ether oxygens (including phenoxy) is 1. The van der Waals surface area contributed by atoms with E-state index in [1.165, 1.54) is 23.5 Å². The van der Waals surface area contributed by atoms with Crippen LogP contribution in [0.1, 0.15) is 16.2 Å². The number of rotatable bonds is 6. The summed E-state index contributed by atoms with van der Waals surface area (Å²) >= 11 is 1.36. The molecular formula is C19H15FN2O4S. The molecule has 0 aliphatic rings. The number of nitrogens with zero attached hydrogens (tertiary/aromatic N) is 1. The first-order valence-corrected chi connectivity index (χ1v) is 8.80. The quantitative estimate of drug-likeness (QED) is 0.513. The van der Waals surface area contributed by atoms with Gasteiger partial charge in [-0.1, -0.05) is 23.4 Å². The molecule has 1 aromatic carbocycles. The van der Waals surface area contributed by atoms with E-state index >= 15 is 0 Å². The summed E-state index contributed by atoms with van der Waals surface area (Å²) in [4.78, 5) is 25.1. The lowest BCUT2D eigenvalue weighted by molar-refractivity contribution is -0.141. The molecule has 3 rings (SSSR count). The van der Waals surface area contributed by atoms with Crippen LogP contribution in [0.5, 0.6) is 0 Å². The molecule has 0 bridgehead atoms. The van der Waals surface area contributed by atoms with Crippen molar-refractivity contribution in [2.75, 3.05) is 11.9 Å². The number of hydrogen-bond donors (Lipinski definition) is 1. The van der Waals surface area contributed by atoms with Crippen LogP contribution >= 0.6 is 11.3 Å². The first-order chi connectivity index (χ1) is 13.0. The molecule has 0 unspecified atom stereocenters. The molecule has 6 nitrogen and oxygen atoms in total. The molecule has 0 spiro atoms. The van der Waals surface area contributed by atoms with Crippen molar-refractivity contribution in [2.45, 2.75) is 6.92 Å². The standard InChI is InChI=1S/C19H15FN2O4S/c1-12-9-17(22-26-12)21-18(23)11-25-19(24)15(16-3-2-8-27-16)10-13-4-6-14(20)7-5-13/h2-10H,11H2,1H3,(H,21,22,23). The Morgan fingerprint density at radius 3 is 2.70 bits per heavy atom. The zero-order valence-corrected chi connectivity index (χ0v) is 15.1. The van der Waals surface area contributed by atoms with Crippen molar-refractivity contribution in [3.8, 4) is 0 Å². The van der Waals surface area contributed by atoms with Crippen molar-refractivity contribution in [2.24, 2.45) is 0 Å². The molecule has 0 aliphatic carbocycles. The van der Waals surface area contributed by atoms with Crippen LogP contribution in [0, 0.1) is 12.7 Å². The average molecular weight is 386 g/mol. The molecular weight excluding hydrogens is 371 g/mol. The minimum atomic E-state index is -0.659. The molecule has 138 valence electrons. The molecule has 2 heterocycles. The Kier molecular flexibility index (Phi) is 5.77. The van der Waals surface area contributed by atoms with Crippen molar-refractivity contribution < 1.29 is 23.2 Å². The Bertz CT molecular complexity index is 962. The predicted molar refractivity (Wildman–Crippen MR) is 99.4 cm³/mol. The molecule has 0 saturated carbocycles. The van der Waals surface area contributed by atoms with E-state index in [0.717, 1.165) is 0 Å². The third-order valence-corrected chi connectivity index (χ3v) is 4.32. The van der Waals surface area contributed by atoms with E-state index in [1.807, 2.05) is 5.38 Å². The number of benzene rings is 1. The highest BCUT2D eigenvalue weighted by Crippen LogP contribution is 2.24. The van der Waals surface area contributed by atoms with Crippen LogP contribution in [0.15, 0.2) is 52.4 Å². The highest BCUT2D eigenvalue weighted by molar-refractivity contribution is 7.11. The van der Waals surface area contributed by atoms with Crippen LogP contribution in [-0.2, 0) is 14.3 Å². The fourth-order valence-corrected chi connectivity index (χ4v) is 2.93. The van der Waals surface area contributed by atoms with Gasteiger partial charge in [-0.2, -0.15) is 0 Å². The Morgan fingerprint density at radius 1 is 1.30 bits per heavy atom. The summed E-state index contributed by atoms with van der Waals surface area (Å²) in [5.41, 5.74) is 0.918. The summed E-state index contributed by atoms with van der Waals surface area (Å²) in [7, 11) is 0. The van der Waals surface area contributed by atoms with Gasteiger partial charge >= 0.3 is 5.97 Å². The van der Waals surface area contributed by atoms with Gasteiger partial charge in [-0.05, 0) is 42.1 Å². The maximum absolute atomic E-state index is 13.1. The molecule has 8 heteroatoms. The third kappa shape index (κ3) is 5.11. The van der Waals surface area contributed by atoms with E-state index in [0.29, 0.717) is 16.2 Å².